The number of carbonyl (C=O) groups is 2. The zero-order valence-corrected chi connectivity index (χ0v) is 12.5. The van der Waals surface area contributed by atoms with E-state index in [2.05, 4.69) is 26.0 Å². The van der Waals surface area contributed by atoms with Crippen molar-refractivity contribution in [2.24, 2.45) is 0 Å². The molecule has 120 valence electrons. The Labute approximate surface area is 133 Å². The summed E-state index contributed by atoms with van der Waals surface area (Å²) in [5.41, 5.74) is 0.516. The van der Waals surface area contributed by atoms with E-state index in [1.54, 1.807) is 41.5 Å². The van der Waals surface area contributed by atoms with Crippen LogP contribution < -0.4 is 16.0 Å². The van der Waals surface area contributed by atoms with Gasteiger partial charge in [0.15, 0.2) is 5.82 Å². The number of hydrogen-bond donors (Lipinski definition) is 3. The van der Waals surface area contributed by atoms with Crippen molar-refractivity contribution in [1.29, 1.82) is 0 Å². The second kappa shape index (κ2) is 6.91. The molecule has 3 N–H and O–H groups in total. The highest BCUT2D eigenvalue weighted by Crippen LogP contribution is 2.16. The number of pyridine rings is 1. The van der Waals surface area contributed by atoms with Crippen LogP contribution in [-0.2, 0) is 4.79 Å². The molecule has 3 amide bonds. The first-order chi connectivity index (χ1) is 11.2. The van der Waals surface area contributed by atoms with Gasteiger partial charge in [0.2, 0.25) is 5.91 Å². The van der Waals surface area contributed by atoms with Gasteiger partial charge in [-0.1, -0.05) is 0 Å². The zero-order chi connectivity index (χ0) is 16.1. The second-order valence-corrected chi connectivity index (χ2v) is 5.26. The fourth-order valence-corrected chi connectivity index (χ4v) is 2.46. The predicted molar refractivity (Wildman–Crippen MR) is 84.2 cm³/mol. The fourth-order valence-electron chi connectivity index (χ4n) is 2.46. The van der Waals surface area contributed by atoms with Crippen molar-refractivity contribution in [1.82, 2.24) is 25.4 Å². The van der Waals surface area contributed by atoms with Crippen molar-refractivity contribution in [3.05, 3.63) is 36.8 Å². The van der Waals surface area contributed by atoms with Gasteiger partial charge in [0.25, 0.3) is 0 Å². The largest absolute Gasteiger partial charge is 0.354 e. The van der Waals surface area contributed by atoms with Crippen LogP contribution in [0.5, 0.6) is 0 Å². The highest BCUT2D eigenvalue weighted by Gasteiger charge is 2.22. The van der Waals surface area contributed by atoms with E-state index in [9.17, 15) is 9.59 Å². The molecule has 1 fully saturated rings. The molecule has 2 aromatic rings. The Morgan fingerprint density at radius 1 is 1.30 bits per heavy atom. The summed E-state index contributed by atoms with van der Waals surface area (Å²) < 4.78 is 1.56. The number of aromatic nitrogens is 3. The van der Waals surface area contributed by atoms with E-state index in [-0.39, 0.29) is 5.91 Å². The molecule has 1 saturated heterocycles. The van der Waals surface area contributed by atoms with Gasteiger partial charge in [-0.3, -0.25) is 4.79 Å². The van der Waals surface area contributed by atoms with Crippen LogP contribution in [0.15, 0.2) is 36.8 Å². The van der Waals surface area contributed by atoms with Gasteiger partial charge in [-0.2, -0.15) is 5.10 Å². The van der Waals surface area contributed by atoms with E-state index in [0.717, 1.165) is 12.8 Å². The van der Waals surface area contributed by atoms with Crippen molar-refractivity contribution in [3.63, 3.8) is 0 Å². The summed E-state index contributed by atoms with van der Waals surface area (Å²) in [5.74, 6) is 0.370. The summed E-state index contributed by atoms with van der Waals surface area (Å²) >= 11 is 0. The molecule has 1 aliphatic rings. The molecule has 0 bridgehead atoms. The molecule has 0 aromatic carbocycles. The number of nitrogens with zero attached hydrogens (tertiary/aromatic N) is 3. The Morgan fingerprint density at radius 3 is 3.04 bits per heavy atom. The fraction of sp³-hybridized carbons (Fsp3) is 0.333. The van der Waals surface area contributed by atoms with Gasteiger partial charge in [0.05, 0.1) is 5.69 Å². The Kier molecular flexibility index (Phi) is 4.51. The molecule has 0 unspecified atom stereocenters. The average Bonchev–Trinajstić information content (AvgIpc) is 3.00. The van der Waals surface area contributed by atoms with Crippen molar-refractivity contribution < 1.29 is 9.59 Å². The predicted octanol–water partition coefficient (Wildman–Crippen LogP) is 1.06. The Bertz CT molecular complexity index is 685. The van der Waals surface area contributed by atoms with Crippen LogP contribution in [0.25, 0.3) is 5.82 Å². The first kappa shape index (κ1) is 15.0. The minimum Gasteiger partial charge on any atom is -0.354 e. The topological polar surface area (TPSA) is 101 Å². The molecule has 0 radical (unpaired) electrons. The first-order valence-corrected chi connectivity index (χ1v) is 7.54. The minimum absolute atomic E-state index is 0.142. The maximum Gasteiger partial charge on any atom is 0.319 e. The zero-order valence-electron chi connectivity index (χ0n) is 12.5. The molecular formula is C15H18N6O2. The van der Waals surface area contributed by atoms with Gasteiger partial charge in [0.1, 0.15) is 6.04 Å². The third-order valence-electron chi connectivity index (χ3n) is 3.60. The lowest BCUT2D eigenvalue weighted by Crippen LogP contribution is -2.47. The van der Waals surface area contributed by atoms with Gasteiger partial charge in [0, 0.05) is 25.1 Å². The maximum absolute atomic E-state index is 12.2. The van der Waals surface area contributed by atoms with E-state index >= 15 is 0 Å². The monoisotopic (exact) mass is 314 g/mol. The smallest absolute Gasteiger partial charge is 0.319 e. The number of amides is 3. The van der Waals surface area contributed by atoms with Gasteiger partial charge < -0.3 is 16.0 Å². The van der Waals surface area contributed by atoms with Crippen LogP contribution >= 0.6 is 0 Å². The van der Waals surface area contributed by atoms with Crippen LogP contribution in [0.2, 0.25) is 0 Å². The van der Waals surface area contributed by atoms with Crippen LogP contribution in [0, 0.1) is 0 Å². The lowest BCUT2D eigenvalue weighted by molar-refractivity contribution is -0.122. The Morgan fingerprint density at radius 2 is 2.22 bits per heavy atom. The Hall–Kier alpha value is -2.90. The standard InChI is InChI=1S/C15H18N6O2/c22-14-12(5-1-2-7-17-14)20-15(23)19-11-6-3-8-16-13(11)21-10-4-9-18-21/h3-4,6,8-10,12H,1-2,5,7H2,(H,17,22)(H2,19,20,23)/t12-/m0/s1. The molecule has 1 aliphatic heterocycles. The third-order valence-corrected chi connectivity index (χ3v) is 3.60. The van der Waals surface area contributed by atoms with Gasteiger partial charge in [-0.15, -0.1) is 0 Å². The summed E-state index contributed by atoms with van der Waals surface area (Å²) in [4.78, 5) is 28.3. The van der Waals surface area contributed by atoms with Crippen LogP contribution in [0.4, 0.5) is 10.5 Å². The molecule has 23 heavy (non-hydrogen) atoms. The summed E-state index contributed by atoms with van der Waals surface area (Å²) in [6, 6.07) is 4.28. The number of nitrogens with one attached hydrogen (secondary N) is 3. The lowest BCUT2D eigenvalue weighted by atomic mass is 10.1. The molecule has 8 nitrogen and oxygen atoms in total. The Balaban J connectivity index is 1.70. The molecule has 0 spiro atoms. The lowest BCUT2D eigenvalue weighted by Gasteiger charge is -2.16. The van der Waals surface area contributed by atoms with E-state index in [1.807, 2.05) is 0 Å². The van der Waals surface area contributed by atoms with Gasteiger partial charge in [-0.05, 0) is 37.5 Å². The normalized spacial score (nSPS) is 17.9. The van der Waals surface area contributed by atoms with Crippen molar-refractivity contribution in [2.75, 3.05) is 11.9 Å². The molecular weight excluding hydrogens is 296 g/mol. The molecule has 2 aromatic heterocycles. The maximum atomic E-state index is 12.2. The average molecular weight is 314 g/mol. The van der Waals surface area contributed by atoms with Gasteiger partial charge in [-0.25, -0.2) is 14.5 Å². The number of anilines is 1. The SMILES string of the molecule is O=C(Nc1cccnc1-n1cccn1)N[C@H]1CCCCNC1=O. The van der Waals surface area contributed by atoms with Crippen LogP contribution in [0.1, 0.15) is 19.3 Å². The van der Waals surface area contributed by atoms with Crippen LogP contribution in [0.3, 0.4) is 0 Å². The van der Waals surface area contributed by atoms with Crippen molar-refractivity contribution in [2.45, 2.75) is 25.3 Å². The summed E-state index contributed by atoms with van der Waals surface area (Å²) in [6.45, 7) is 0.657. The summed E-state index contributed by atoms with van der Waals surface area (Å²) in [7, 11) is 0. The summed E-state index contributed by atoms with van der Waals surface area (Å²) in [6.07, 6.45) is 7.46. The molecule has 8 heteroatoms. The van der Waals surface area contributed by atoms with E-state index in [4.69, 9.17) is 0 Å². The number of carbonyl (C=O) groups excluding carboxylic acids is 2. The molecule has 3 rings (SSSR count). The highest BCUT2D eigenvalue weighted by molar-refractivity contribution is 5.94. The van der Waals surface area contributed by atoms with E-state index in [1.165, 1.54) is 0 Å². The number of hydrogen-bond acceptors (Lipinski definition) is 4. The van der Waals surface area contributed by atoms with Crippen molar-refractivity contribution in [3.8, 4) is 5.82 Å². The molecule has 3 heterocycles. The number of rotatable bonds is 3. The van der Waals surface area contributed by atoms with Gasteiger partial charge >= 0.3 is 6.03 Å². The highest BCUT2D eigenvalue weighted by atomic mass is 16.2. The quantitative estimate of drug-likeness (QED) is 0.788. The second-order valence-electron chi connectivity index (χ2n) is 5.26. The van der Waals surface area contributed by atoms with E-state index < -0.39 is 12.1 Å². The molecule has 0 aliphatic carbocycles. The number of urea groups is 1. The molecule has 0 saturated carbocycles. The molecule has 1 atom stereocenters. The minimum atomic E-state index is -0.512. The third kappa shape index (κ3) is 3.65. The first-order valence-electron chi connectivity index (χ1n) is 7.54. The summed E-state index contributed by atoms with van der Waals surface area (Å²) in [5, 5.41) is 12.3. The van der Waals surface area contributed by atoms with Crippen molar-refractivity contribution >= 4 is 17.6 Å². The van der Waals surface area contributed by atoms with Crippen LogP contribution in [-0.4, -0.2) is 39.3 Å². The van der Waals surface area contributed by atoms with E-state index in [0.29, 0.717) is 24.5 Å².